The van der Waals surface area contributed by atoms with Crippen molar-refractivity contribution in [3.8, 4) is 11.5 Å². The predicted molar refractivity (Wildman–Crippen MR) is 150 cm³/mol. The Morgan fingerprint density at radius 1 is 0.825 bits per heavy atom. The molecular weight excluding hydrogens is 514 g/mol. The van der Waals surface area contributed by atoms with Crippen LogP contribution in [0.5, 0.6) is 11.5 Å². The van der Waals surface area contributed by atoms with E-state index in [1.807, 2.05) is 13.8 Å². The second kappa shape index (κ2) is 14.6. The van der Waals surface area contributed by atoms with Crippen LogP contribution in [0, 0.1) is 10.8 Å². The van der Waals surface area contributed by atoms with E-state index in [1.165, 1.54) is 7.11 Å². The van der Waals surface area contributed by atoms with Gasteiger partial charge in [-0.05, 0) is 76.8 Å². The molecule has 0 aliphatic carbocycles. The van der Waals surface area contributed by atoms with Crippen molar-refractivity contribution in [2.24, 2.45) is 10.8 Å². The number of carbonyl (C=O) groups excluding carboxylic acids is 4. The van der Waals surface area contributed by atoms with Crippen LogP contribution in [0.25, 0.3) is 0 Å². The molecule has 0 amide bonds. The van der Waals surface area contributed by atoms with Crippen molar-refractivity contribution in [3.63, 3.8) is 0 Å². The van der Waals surface area contributed by atoms with Gasteiger partial charge >= 0.3 is 23.9 Å². The molecule has 0 aliphatic heterocycles. The molecule has 0 heterocycles. The van der Waals surface area contributed by atoms with Crippen molar-refractivity contribution in [1.29, 1.82) is 0 Å². The monoisotopic (exact) mass is 555 g/mol. The third kappa shape index (κ3) is 9.19. The van der Waals surface area contributed by atoms with E-state index < -0.39 is 40.7 Å². The summed E-state index contributed by atoms with van der Waals surface area (Å²) in [7, 11) is 1.28. The number of ether oxygens (including phenoxy) is 4. The summed E-state index contributed by atoms with van der Waals surface area (Å²) in [5.41, 5.74) is -0.418. The third-order valence-corrected chi connectivity index (χ3v) is 6.95. The number of hydrogen-bond acceptors (Lipinski definition) is 9. The van der Waals surface area contributed by atoms with Crippen LogP contribution in [-0.2, 0) is 30.3 Å². The minimum atomic E-state index is -0.775. The zero-order valence-corrected chi connectivity index (χ0v) is 24.5. The van der Waals surface area contributed by atoms with Gasteiger partial charge < -0.3 is 24.3 Å². The van der Waals surface area contributed by atoms with Crippen LogP contribution in [0.3, 0.4) is 0 Å². The number of benzene rings is 2. The lowest BCUT2D eigenvalue weighted by atomic mass is 9.90. The molecule has 2 aromatic carbocycles. The Morgan fingerprint density at radius 2 is 1.40 bits per heavy atom. The van der Waals surface area contributed by atoms with Crippen molar-refractivity contribution in [1.82, 2.24) is 5.32 Å². The van der Waals surface area contributed by atoms with E-state index in [0.29, 0.717) is 24.0 Å². The molecule has 1 atom stereocenters. The first-order valence-corrected chi connectivity index (χ1v) is 13.5. The van der Waals surface area contributed by atoms with Crippen molar-refractivity contribution < 1.29 is 38.1 Å². The van der Waals surface area contributed by atoms with Gasteiger partial charge in [0.25, 0.3) is 0 Å². The molecule has 0 radical (unpaired) electrons. The van der Waals surface area contributed by atoms with Crippen molar-refractivity contribution in [3.05, 3.63) is 59.7 Å². The summed E-state index contributed by atoms with van der Waals surface area (Å²) in [5.74, 6) is -1.69. The van der Waals surface area contributed by atoms with Crippen LogP contribution >= 0.6 is 0 Å². The molecule has 9 heteroatoms. The highest BCUT2D eigenvalue weighted by molar-refractivity contribution is 5.89. The standard InChI is InChI=1S/C31H41NO8/c1-8-30(3,4)28(35)39-24-16-15-21(20-25(24)40-29(36)31(5,6)9-2)19-23(27(34)37-7)32-17-18-38-26(33)22-13-11-10-12-14-22/h10-16,20,23,32H,8-9,17-19H2,1-7H3/t23-/m0/s1. The summed E-state index contributed by atoms with van der Waals surface area (Å²) in [6.45, 7) is 11.1. The molecule has 1 N–H and O–H groups in total. The first-order valence-electron chi connectivity index (χ1n) is 13.5. The van der Waals surface area contributed by atoms with Gasteiger partial charge in [0.05, 0.1) is 23.5 Å². The Hall–Kier alpha value is -3.72. The van der Waals surface area contributed by atoms with Gasteiger partial charge in [0.1, 0.15) is 12.6 Å². The van der Waals surface area contributed by atoms with E-state index in [1.54, 1.807) is 76.2 Å². The largest absolute Gasteiger partial charge is 0.468 e. The SMILES string of the molecule is CCC(C)(C)C(=O)Oc1ccc(C[C@H](NCCOC(=O)c2ccccc2)C(=O)OC)cc1OC(=O)C(C)(C)CC. The van der Waals surface area contributed by atoms with Crippen molar-refractivity contribution in [2.45, 2.75) is 66.8 Å². The highest BCUT2D eigenvalue weighted by atomic mass is 16.6. The summed E-state index contributed by atoms with van der Waals surface area (Å²) in [4.78, 5) is 50.3. The van der Waals surface area contributed by atoms with E-state index in [0.717, 1.165) is 0 Å². The summed E-state index contributed by atoms with van der Waals surface area (Å²) in [5, 5.41) is 3.05. The molecule has 218 valence electrons. The van der Waals surface area contributed by atoms with Gasteiger partial charge in [-0.2, -0.15) is 0 Å². The van der Waals surface area contributed by atoms with Crippen molar-refractivity contribution in [2.75, 3.05) is 20.3 Å². The number of rotatable bonds is 14. The van der Waals surface area contributed by atoms with Gasteiger partial charge in [-0.15, -0.1) is 0 Å². The fourth-order valence-electron chi connectivity index (χ4n) is 3.26. The minimum absolute atomic E-state index is 0.0400. The number of esters is 4. The van der Waals surface area contributed by atoms with Crippen LogP contribution in [-0.4, -0.2) is 50.2 Å². The zero-order valence-electron chi connectivity index (χ0n) is 24.5. The molecule has 0 saturated carbocycles. The van der Waals surface area contributed by atoms with E-state index >= 15 is 0 Å². The molecule has 2 aromatic rings. The van der Waals surface area contributed by atoms with E-state index in [4.69, 9.17) is 18.9 Å². The van der Waals surface area contributed by atoms with Crippen LogP contribution < -0.4 is 14.8 Å². The van der Waals surface area contributed by atoms with Crippen LogP contribution in [0.2, 0.25) is 0 Å². The lowest BCUT2D eigenvalue weighted by molar-refractivity contribution is -0.147. The summed E-state index contributed by atoms with van der Waals surface area (Å²) < 4.78 is 21.6. The summed E-state index contributed by atoms with van der Waals surface area (Å²) in [6, 6.07) is 12.7. The summed E-state index contributed by atoms with van der Waals surface area (Å²) >= 11 is 0. The summed E-state index contributed by atoms with van der Waals surface area (Å²) in [6.07, 6.45) is 1.29. The molecule has 0 fully saturated rings. The molecule has 2 rings (SSSR count). The molecule has 0 bridgehead atoms. The molecule has 0 aromatic heterocycles. The Morgan fingerprint density at radius 3 is 1.95 bits per heavy atom. The topological polar surface area (TPSA) is 117 Å². The Labute approximate surface area is 236 Å². The molecule has 0 unspecified atom stereocenters. The second-order valence-corrected chi connectivity index (χ2v) is 10.8. The van der Waals surface area contributed by atoms with Crippen LogP contribution in [0.15, 0.2) is 48.5 Å². The quantitative estimate of drug-likeness (QED) is 0.197. The Balaban J connectivity index is 2.20. The minimum Gasteiger partial charge on any atom is -0.468 e. The zero-order chi connectivity index (χ0) is 29.9. The van der Waals surface area contributed by atoms with Gasteiger partial charge in [0, 0.05) is 6.54 Å². The normalized spacial score (nSPS) is 12.3. The first-order chi connectivity index (χ1) is 18.8. The predicted octanol–water partition coefficient (Wildman–Crippen LogP) is 4.90. The maximum atomic E-state index is 12.9. The van der Waals surface area contributed by atoms with Crippen LogP contribution in [0.4, 0.5) is 0 Å². The van der Waals surface area contributed by atoms with Crippen molar-refractivity contribution >= 4 is 23.9 Å². The van der Waals surface area contributed by atoms with Gasteiger partial charge in [0.2, 0.25) is 0 Å². The van der Waals surface area contributed by atoms with E-state index in [9.17, 15) is 19.2 Å². The molecule has 40 heavy (non-hydrogen) atoms. The number of nitrogens with one attached hydrogen (secondary N) is 1. The number of carbonyl (C=O) groups is 4. The lowest BCUT2D eigenvalue weighted by Gasteiger charge is -2.24. The highest BCUT2D eigenvalue weighted by Crippen LogP contribution is 2.34. The molecular formula is C31H41NO8. The third-order valence-electron chi connectivity index (χ3n) is 6.95. The van der Waals surface area contributed by atoms with Gasteiger partial charge in [-0.3, -0.25) is 14.4 Å². The maximum absolute atomic E-state index is 12.9. The van der Waals surface area contributed by atoms with E-state index in [2.05, 4.69) is 5.32 Å². The fraction of sp³-hybridized carbons (Fsp3) is 0.484. The highest BCUT2D eigenvalue weighted by Gasteiger charge is 2.31. The molecule has 0 aliphatic rings. The molecule has 0 spiro atoms. The van der Waals surface area contributed by atoms with E-state index in [-0.39, 0.29) is 31.1 Å². The number of hydrogen-bond donors (Lipinski definition) is 1. The second-order valence-electron chi connectivity index (χ2n) is 10.8. The molecule has 0 saturated heterocycles. The average Bonchev–Trinajstić information content (AvgIpc) is 2.95. The maximum Gasteiger partial charge on any atom is 0.338 e. The Kier molecular flexibility index (Phi) is 11.9. The molecule has 9 nitrogen and oxygen atoms in total. The van der Waals surface area contributed by atoms with Gasteiger partial charge in [-0.1, -0.05) is 38.1 Å². The first kappa shape index (κ1) is 32.5. The lowest BCUT2D eigenvalue weighted by Crippen LogP contribution is -2.41. The Bertz CT molecular complexity index is 1170. The van der Waals surface area contributed by atoms with Gasteiger partial charge in [0.15, 0.2) is 11.5 Å². The fourth-order valence-corrected chi connectivity index (χ4v) is 3.26. The van der Waals surface area contributed by atoms with Gasteiger partial charge in [-0.25, -0.2) is 4.79 Å². The average molecular weight is 556 g/mol. The number of methoxy groups -OCH3 is 1. The smallest absolute Gasteiger partial charge is 0.338 e. The van der Waals surface area contributed by atoms with Crippen LogP contribution in [0.1, 0.15) is 70.3 Å².